The van der Waals surface area contributed by atoms with E-state index in [0.717, 1.165) is 15.5 Å². The second-order valence-corrected chi connectivity index (χ2v) is 6.27. The fourth-order valence-corrected chi connectivity index (χ4v) is 2.67. The molecular weight excluding hydrogens is 374 g/mol. The molecule has 2 heterocycles. The molecule has 0 radical (unpaired) electrons. The van der Waals surface area contributed by atoms with Crippen molar-refractivity contribution in [3.63, 3.8) is 0 Å². The van der Waals surface area contributed by atoms with E-state index in [9.17, 15) is 14.4 Å². The lowest BCUT2D eigenvalue weighted by atomic mass is 10.2. The molecule has 8 nitrogen and oxygen atoms in total. The van der Waals surface area contributed by atoms with Gasteiger partial charge >= 0.3 is 12.0 Å². The van der Waals surface area contributed by atoms with Crippen LogP contribution in [-0.4, -0.2) is 52.2 Å². The van der Waals surface area contributed by atoms with Crippen molar-refractivity contribution in [1.29, 1.82) is 0 Å². The van der Waals surface area contributed by atoms with Crippen LogP contribution in [0.3, 0.4) is 0 Å². The maximum atomic E-state index is 12.2. The van der Waals surface area contributed by atoms with E-state index < -0.39 is 17.9 Å². The van der Waals surface area contributed by atoms with Crippen LogP contribution in [0.2, 0.25) is 5.02 Å². The van der Waals surface area contributed by atoms with Gasteiger partial charge in [0.2, 0.25) is 0 Å². The molecule has 27 heavy (non-hydrogen) atoms. The zero-order chi connectivity index (χ0) is 19.4. The molecule has 1 aliphatic rings. The maximum Gasteiger partial charge on any atom is 0.347 e. The molecule has 3 amide bonds. The van der Waals surface area contributed by atoms with Gasteiger partial charge in [0.15, 0.2) is 0 Å². The van der Waals surface area contributed by atoms with Gasteiger partial charge in [-0.25, -0.2) is 9.80 Å². The number of carbonyl (C=O) groups is 3. The first-order chi connectivity index (χ1) is 12.9. The predicted molar refractivity (Wildman–Crippen MR) is 97.4 cm³/mol. The van der Waals surface area contributed by atoms with E-state index >= 15 is 0 Å². The maximum absolute atomic E-state index is 12.2. The lowest BCUT2D eigenvalue weighted by molar-refractivity contribution is -0.137. The van der Waals surface area contributed by atoms with Crippen molar-refractivity contribution >= 4 is 35.7 Å². The van der Waals surface area contributed by atoms with Crippen molar-refractivity contribution < 1.29 is 23.9 Å². The van der Waals surface area contributed by atoms with Gasteiger partial charge in [-0.15, -0.1) is 0 Å². The highest BCUT2D eigenvalue weighted by molar-refractivity contribution is 6.30. The van der Waals surface area contributed by atoms with Crippen molar-refractivity contribution in [3.8, 4) is 11.3 Å². The Morgan fingerprint density at radius 3 is 2.67 bits per heavy atom. The summed E-state index contributed by atoms with van der Waals surface area (Å²) < 4.78 is 5.66. The summed E-state index contributed by atoms with van der Waals surface area (Å²) in [5, 5.41) is 14.3. The molecule has 0 aliphatic carbocycles. The molecule has 1 aliphatic heterocycles. The summed E-state index contributed by atoms with van der Waals surface area (Å²) in [6.45, 7) is -0.134. The normalized spacial score (nSPS) is 14.6. The molecule has 1 aromatic heterocycles. The molecule has 0 spiro atoms. The molecule has 0 unspecified atom stereocenters. The molecule has 3 rings (SSSR count). The Labute approximate surface area is 159 Å². The smallest absolute Gasteiger partial charge is 0.347 e. The molecule has 1 saturated heterocycles. The molecule has 1 N–H and O–H groups in total. The molecule has 140 valence electrons. The van der Waals surface area contributed by atoms with E-state index in [1.165, 1.54) is 6.21 Å². The predicted octanol–water partition coefficient (Wildman–Crippen LogP) is 3.06. The monoisotopic (exact) mass is 389 g/mol. The third-order valence-corrected chi connectivity index (χ3v) is 4.14. The SMILES string of the molecule is O=C(O)CCCN1C(=O)CN(/N=C/c2ccc(-c3ccc(Cl)cc3)o2)C1=O. The van der Waals surface area contributed by atoms with Crippen LogP contribution < -0.4 is 0 Å². The van der Waals surface area contributed by atoms with Crippen molar-refractivity contribution in [2.75, 3.05) is 13.1 Å². The van der Waals surface area contributed by atoms with Gasteiger partial charge in [-0.2, -0.15) is 5.10 Å². The molecular formula is C18H16ClN3O5. The second-order valence-electron chi connectivity index (χ2n) is 5.84. The highest BCUT2D eigenvalue weighted by atomic mass is 35.5. The number of hydrogen-bond acceptors (Lipinski definition) is 5. The van der Waals surface area contributed by atoms with E-state index in [4.69, 9.17) is 21.1 Å². The van der Waals surface area contributed by atoms with Crippen molar-refractivity contribution in [2.24, 2.45) is 5.10 Å². The molecule has 9 heteroatoms. The van der Waals surface area contributed by atoms with Crippen LogP contribution in [0.15, 0.2) is 45.9 Å². The summed E-state index contributed by atoms with van der Waals surface area (Å²) in [5.41, 5.74) is 0.844. The largest absolute Gasteiger partial charge is 0.481 e. The number of urea groups is 1. The molecule has 0 saturated carbocycles. The highest BCUT2D eigenvalue weighted by Crippen LogP contribution is 2.23. The summed E-state index contributed by atoms with van der Waals surface area (Å²) in [5.74, 6) is -0.348. The topological polar surface area (TPSA) is 103 Å². The van der Waals surface area contributed by atoms with Crippen LogP contribution in [0.4, 0.5) is 4.79 Å². The van der Waals surface area contributed by atoms with Crippen molar-refractivity contribution in [1.82, 2.24) is 9.91 Å². The molecule has 0 bridgehead atoms. The molecule has 1 fully saturated rings. The van der Waals surface area contributed by atoms with Gasteiger partial charge in [0, 0.05) is 23.6 Å². The van der Waals surface area contributed by atoms with Gasteiger partial charge in [0.05, 0.1) is 6.21 Å². The van der Waals surface area contributed by atoms with Crippen LogP contribution in [0, 0.1) is 0 Å². The quantitative estimate of drug-likeness (QED) is 0.579. The number of halogens is 1. The minimum absolute atomic E-state index is 0.0530. The Hall–Kier alpha value is -3.13. The molecule has 2 aromatic rings. The lowest BCUT2D eigenvalue weighted by Crippen LogP contribution is -2.32. The van der Waals surface area contributed by atoms with E-state index in [0.29, 0.717) is 16.5 Å². The zero-order valence-corrected chi connectivity index (χ0v) is 14.9. The average Bonchev–Trinajstić information content (AvgIpc) is 3.20. The van der Waals surface area contributed by atoms with Gasteiger partial charge < -0.3 is 9.52 Å². The number of amides is 3. The number of rotatable bonds is 7. The van der Waals surface area contributed by atoms with Gasteiger partial charge in [0.1, 0.15) is 18.1 Å². The fourth-order valence-electron chi connectivity index (χ4n) is 2.54. The summed E-state index contributed by atoms with van der Waals surface area (Å²) in [6, 6.07) is 10.0. The van der Waals surface area contributed by atoms with Gasteiger partial charge in [-0.05, 0) is 42.8 Å². The third-order valence-electron chi connectivity index (χ3n) is 3.89. The molecule has 0 atom stereocenters. The number of hydrazone groups is 1. The number of carboxylic acid groups (broad SMARTS) is 1. The van der Waals surface area contributed by atoms with Crippen LogP contribution in [0.25, 0.3) is 11.3 Å². The Bertz CT molecular complexity index is 891. The van der Waals surface area contributed by atoms with E-state index in [1.54, 1.807) is 24.3 Å². The first kappa shape index (κ1) is 18.7. The Morgan fingerprint density at radius 1 is 1.22 bits per heavy atom. The average molecular weight is 390 g/mol. The van der Waals surface area contributed by atoms with Gasteiger partial charge in [-0.1, -0.05) is 11.6 Å². The second kappa shape index (κ2) is 8.05. The minimum Gasteiger partial charge on any atom is -0.481 e. The number of furan rings is 1. The third kappa shape index (κ3) is 4.53. The van der Waals surface area contributed by atoms with Gasteiger partial charge in [-0.3, -0.25) is 14.5 Å². The van der Waals surface area contributed by atoms with Crippen molar-refractivity contribution in [3.05, 3.63) is 47.2 Å². The number of aliphatic carboxylic acids is 1. The van der Waals surface area contributed by atoms with Crippen molar-refractivity contribution in [2.45, 2.75) is 12.8 Å². The van der Waals surface area contributed by atoms with Crippen LogP contribution >= 0.6 is 11.6 Å². The first-order valence-corrected chi connectivity index (χ1v) is 8.55. The Kier molecular flexibility index (Phi) is 5.56. The van der Waals surface area contributed by atoms with E-state index in [2.05, 4.69) is 5.10 Å². The Balaban J connectivity index is 1.63. The fraction of sp³-hybridized carbons (Fsp3) is 0.222. The molecule has 1 aromatic carbocycles. The standard InChI is InChI=1S/C18H16ClN3O5/c19-13-5-3-12(4-6-13)15-8-7-14(27-15)10-20-22-11-16(23)21(18(22)26)9-1-2-17(24)25/h3-8,10H,1-2,9,11H2,(H,24,25)/b20-10+. The first-order valence-electron chi connectivity index (χ1n) is 8.17. The number of carboxylic acids is 1. The number of hydrogen-bond donors (Lipinski definition) is 1. The van der Waals surface area contributed by atoms with Crippen LogP contribution in [-0.2, 0) is 9.59 Å². The summed E-state index contributed by atoms with van der Waals surface area (Å²) >= 11 is 5.86. The Morgan fingerprint density at radius 2 is 1.96 bits per heavy atom. The summed E-state index contributed by atoms with van der Waals surface area (Å²) in [6.07, 6.45) is 1.44. The number of carbonyl (C=O) groups excluding carboxylic acids is 2. The van der Waals surface area contributed by atoms with Gasteiger partial charge in [0.25, 0.3) is 5.91 Å². The van der Waals surface area contributed by atoms with Crippen LogP contribution in [0.5, 0.6) is 0 Å². The lowest BCUT2D eigenvalue weighted by Gasteiger charge is -2.12. The van der Waals surface area contributed by atoms with Crippen LogP contribution in [0.1, 0.15) is 18.6 Å². The summed E-state index contributed by atoms with van der Waals surface area (Å²) in [4.78, 5) is 35.6. The number of nitrogens with zero attached hydrogens (tertiary/aromatic N) is 3. The highest BCUT2D eigenvalue weighted by Gasteiger charge is 2.35. The minimum atomic E-state index is -0.974. The number of benzene rings is 1. The van der Waals surface area contributed by atoms with E-state index in [1.807, 2.05) is 12.1 Å². The number of imide groups is 1. The van der Waals surface area contributed by atoms with E-state index in [-0.39, 0.29) is 25.9 Å². The zero-order valence-electron chi connectivity index (χ0n) is 14.2. The summed E-state index contributed by atoms with van der Waals surface area (Å²) in [7, 11) is 0.